The van der Waals surface area contributed by atoms with Crippen LogP contribution in [-0.2, 0) is 22.7 Å². The molecule has 1 aliphatic carbocycles. The van der Waals surface area contributed by atoms with Crippen LogP contribution in [0.3, 0.4) is 0 Å². The third-order valence-corrected chi connectivity index (χ3v) is 7.20. The van der Waals surface area contributed by atoms with E-state index in [1.807, 2.05) is 30.3 Å². The van der Waals surface area contributed by atoms with Gasteiger partial charge >= 0.3 is 0 Å². The lowest BCUT2D eigenvalue weighted by Crippen LogP contribution is -2.64. The number of nitrogens with one attached hydrogen (secondary N) is 2. The van der Waals surface area contributed by atoms with Gasteiger partial charge in [-0.15, -0.1) is 0 Å². The molecule has 0 saturated heterocycles. The minimum absolute atomic E-state index is 0.0971. The number of aromatic nitrogens is 1. The predicted octanol–water partition coefficient (Wildman–Crippen LogP) is 4.21. The van der Waals surface area contributed by atoms with E-state index in [2.05, 4.69) is 10.6 Å². The summed E-state index contributed by atoms with van der Waals surface area (Å²) in [5.74, 6) is -1.42. The summed E-state index contributed by atoms with van der Waals surface area (Å²) < 4.78 is 16.0. The van der Waals surface area contributed by atoms with E-state index in [0.29, 0.717) is 10.9 Å². The van der Waals surface area contributed by atoms with Gasteiger partial charge in [0.25, 0.3) is 5.91 Å². The van der Waals surface area contributed by atoms with Crippen LogP contribution in [0, 0.1) is 5.82 Å². The lowest BCUT2D eigenvalue weighted by molar-refractivity contribution is -0.133. The van der Waals surface area contributed by atoms with Gasteiger partial charge in [-0.2, -0.15) is 0 Å². The quantitative estimate of drug-likeness (QED) is 0.579. The molecule has 35 heavy (non-hydrogen) atoms. The van der Waals surface area contributed by atoms with Gasteiger partial charge in [-0.25, -0.2) is 4.39 Å². The monoisotopic (exact) mass is 476 g/mol. The summed E-state index contributed by atoms with van der Waals surface area (Å²) in [5.41, 5.74) is 0.822. The fourth-order valence-electron chi connectivity index (χ4n) is 5.38. The zero-order valence-electron chi connectivity index (χ0n) is 19.9. The van der Waals surface area contributed by atoms with Crippen LogP contribution >= 0.6 is 0 Å². The van der Waals surface area contributed by atoms with Crippen molar-refractivity contribution in [2.45, 2.75) is 64.2 Å². The zero-order valence-corrected chi connectivity index (χ0v) is 19.9. The van der Waals surface area contributed by atoms with E-state index in [4.69, 9.17) is 0 Å². The normalized spacial score (nSPS) is 20.2. The molecule has 182 valence electrons. The van der Waals surface area contributed by atoms with Gasteiger partial charge in [-0.05, 0) is 43.5 Å². The van der Waals surface area contributed by atoms with Gasteiger partial charge in [0.2, 0.25) is 11.8 Å². The first-order valence-electron chi connectivity index (χ1n) is 12.0. The SMILES string of the molecule is CC(=O)Nc1c2n(c3ccc(F)cc13)C[C@](C)(C(=O)NC1CCCC1)N(Cc1ccccc1)C2=O. The molecule has 2 N–H and O–H groups in total. The van der Waals surface area contributed by atoms with Crippen LogP contribution in [0.25, 0.3) is 10.9 Å². The Morgan fingerprint density at radius 3 is 2.51 bits per heavy atom. The maximum absolute atomic E-state index is 14.2. The first-order chi connectivity index (χ1) is 16.8. The molecule has 2 aromatic carbocycles. The summed E-state index contributed by atoms with van der Waals surface area (Å²) in [5, 5.41) is 6.35. The predicted molar refractivity (Wildman–Crippen MR) is 131 cm³/mol. The number of carbonyl (C=O) groups excluding carboxylic acids is 3. The second kappa shape index (κ2) is 8.83. The van der Waals surface area contributed by atoms with Crippen molar-refractivity contribution in [3.8, 4) is 0 Å². The van der Waals surface area contributed by atoms with Crippen molar-refractivity contribution in [1.29, 1.82) is 0 Å². The molecule has 1 aliphatic heterocycles. The fourth-order valence-corrected chi connectivity index (χ4v) is 5.38. The van der Waals surface area contributed by atoms with Gasteiger partial charge in [0.05, 0.1) is 17.7 Å². The highest BCUT2D eigenvalue weighted by molar-refractivity contribution is 6.14. The number of halogens is 1. The van der Waals surface area contributed by atoms with Crippen molar-refractivity contribution in [2.24, 2.45) is 0 Å². The van der Waals surface area contributed by atoms with Gasteiger partial charge in [-0.1, -0.05) is 43.2 Å². The summed E-state index contributed by atoms with van der Waals surface area (Å²) in [6.45, 7) is 3.54. The molecule has 1 aromatic heterocycles. The lowest BCUT2D eigenvalue weighted by atomic mass is 9.93. The van der Waals surface area contributed by atoms with E-state index >= 15 is 0 Å². The van der Waals surface area contributed by atoms with Crippen molar-refractivity contribution in [1.82, 2.24) is 14.8 Å². The van der Waals surface area contributed by atoms with Gasteiger partial charge < -0.3 is 20.1 Å². The first-order valence-corrected chi connectivity index (χ1v) is 12.0. The molecule has 2 aliphatic rings. The number of carbonyl (C=O) groups is 3. The number of hydrogen-bond acceptors (Lipinski definition) is 3. The molecular formula is C27H29FN4O3. The maximum atomic E-state index is 14.2. The zero-order chi connectivity index (χ0) is 24.7. The van der Waals surface area contributed by atoms with Crippen LogP contribution in [0.4, 0.5) is 10.1 Å². The van der Waals surface area contributed by atoms with Gasteiger partial charge in [0.15, 0.2) is 0 Å². The summed E-state index contributed by atoms with van der Waals surface area (Å²) >= 11 is 0. The van der Waals surface area contributed by atoms with E-state index in [0.717, 1.165) is 31.2 Å². The van der Waals surface area contributed by atoms with Gasteiger partial charge in [-0.3, -0.25) is 14.4 Å². The Hall–Kier alpha value is -3.68. The Morgan fingerprint density at radius 2 is 1.83 bits per heavy atom. The highest BCUT2D eigenvalue weighted by Gasteiger charge is 2.49. The fraction of sp³-hybridized carbons (Fsp3) is 0.370. The molecule has 0 bridgehead atoms. The van der Waals surface area contributed by atoms with Crippen LogP contribution < -0.4 is 10.6 Å². The molecule has 7 nitrogen and oxygen atoms in total. The van der Waals surface area contributed by atoms with Crippen molar-refractivity contribution < 1.29 is 18.8 Å². The van der Waals surface area contributed by atoms with E-state index in [9.17, 15) is 18.8 Å². The molecule has 1 fully saturated rings. The molecular weight excluding hydrogens is 447 g/mol. The Balaban J connectivity index is 1.66. The van der Waals surface area contributed by atoms with E-state index in [1.54, 1.807) is 22.5 Å². The third kappa shape index (κ3) is 4.07. The Labute approximate surface area is 203 Å². The van der Waals surface area contributed by atoms with E-state index in [1.165, 1.54) is 19.1 Å². The average Bonchev–Trinajstić information content (AvgIpc) is 3.43. The Morgan fingerprint density at radius 1 is 1.11 bits per heavy atom. The average molecular weight is 477 g/mol. The molecule has 1 saturated carbocycles. The molecule has 0 spiro atoms. The van der Waals surface area contributed by atoms with E-state index in [-0.39, 0.29) is 48.2 Å². The molecule has 3 amide bonds. The minimum Gasteiger partial charge on any atom is -0.351 e. The van der Waals surface area contributed by atoms with Crippen LogP contribution in [0.5, 0.6) is 0 Å². The number of nitrogens with zero attached hydrogens (tertiary/aromatic N) is 2. The smallest absolute Gasteiger partial charge is 0.273 e. The number of rotatable bonds is 5. The summed E-state index contributed by atoms with van der Waals surface area (Å²) in [4.78, 5) is 41.5. The molecule has 8 heteroatoms. The van der Waals surface area contributed by atoms with Crippen molar-refractivity contribution >= 4 is 34.3 Å². The second-order valence-electron chi connectivity index (χ2n) is 9.76. The van der Waals surface area contributed by atoms with Crippen molar-refractivity contribution in [3.63, 3.8) is 0 Å². The molecule has 2 heterocycles. The highest BCUT2D eigenvalue weighted by Crippen LogP contribution is 2.40. The number of hydrogen-bond donors (Lipinski definition) is 2. The number of anilines is 1. The van der Waals surface area contributed by atoms with E-state index < -0.39 is 11.4 Å². The second-order valence-corrected chi connectivity index (χ2v) is 9.76. The van der Waals surface area contributed by atoms with Crippen LogP contribution in [0.2, 0.25) is 0 Å². The van der Waals surface area contributed by atoms with Crippen molar-refractivity contribution in [3.05, 3.63) is 65.6 Å². The standard InChI is InChI=1S/C27H29FN4O3/c1-17(33)29-23-21-14-19(28)12-13-22(21)31-16-27(2,26(35)30-20-10-6-7-11-20)32(25(34)24(23)31)15-18-8-4-3-5-9-18/h3-5,8-9,12-14,20H,6-7,10-11,15-16H2,1-2H3,(H,29,33)(H,30,35)/t27-/m1/s1. The molecule has 5 rings (SSSR count). The lowest BCUT2D eigenvalue weighted by Gasteiger charge is -2.44. The summed E-state index contributed by atoms with van der Waals surface area (Å²) in [6, 6.07) is 13.8. The van der Waals surface area contributed by atoms with Gasteiger partial charge in [0, 0.05) is 24.9 Å². The Bertz CT molecular complexity index is 1310. The molecule has 3 aromatic rings. The first kappa shape index (κ1) is 23.1. The maximum Gasteiger partial charge on any atom is 0.273 e. The number of benzene rings is 2. The molecule has 1 atom stereocenters. The summed E-state index contributed by atoms with van der Waals surface area (Å²) in [7, 11) is 0. The number of fused-ring (bicyclic) bond motifs is 3. The number of amides is 3. The van der Waals surface area contributed by atoms with Crippen LogP contribution in [0.1, 0.15) is 55.6 Å². The highest BCUT2D eigenvalue weighted by atomic mass is 19.1. The van der Waals surface area contributed by atoms with Crippen LogP contribution in [-0.4, -0.2) is 38.8 Å². The van der Waals surface area contributed by atoms with Crippen molar-refractivity contribution in [2.75, 3.05) is 5.32 Å². The topological polar surface area (TPSA) is 83.4 Å². The van der Waals surface area contributed by atoms with Crippen LogP contribution in [0.15, 0.2) is 48.5 Å². The molecule has 0 unspecified atom stereocenters. The largest absolute Gasteiger partial charge is 0.351 e. The minimum atomic E-state index is -1.18. The third-order valence-electron chi connectivity index (χ3n) is 7.20. The summed E-state index contributed by atoms with van der Waals surface area (Å²) in [6.07, 6.45) is 4.01. The Kier molecular flexibility index (Phi) is 5.83. The molecule has 0 radical (unpaired) electrons. The van der Waals surface area contributed by atoms with Gasteiger partial charge in [0.1, 0.15) is 17.1 Å².